The molecule has 94 valence electrons. The summed E-state index contributed by atoms with van der Waals surface area (Å²) in [5, 5.41) is 11.4. The Hall–Kier alpha value is -1.08. The molecule has 2 aliphatic rings. The molecule has 4 nitrogen and oxygen atoms in total. The van der Waals surface area contributed by atoms with Gasteiger partial charge in [0.25, 0.3) is 0 Å². The molecule has 0 aromatic rings. The minimum absolute atomic E-state index is 0.0460. The van der Waals surface area contributed by atoms with Crippen LogP contribution >= 0.6 is 0 Å². The van der Waals surface area contributed by atoms with E-state index in [1.165, 1.54) is 12.8 Å². The van der Waals surface area contributed by atoms with E-state index in [9.17, 15) is 4.79 Å². The SMILES string of the molecule is N#CCCCCNC(=O)C1C2CCC(C2)C1N. The molecule has 1 amide bonds. The van der Waals surface area contributed by atoms with E-state index in [0.29, 0.717) is 24.8 Å². The van der Waals surface area contributed by atoms with Gasteiger partial charge in [0, 0.05) is 19.0 Å². The van der Waals surface area contributed by atoms with Gasteiger partial charge in [-0.3, -0.25) is 4.79 Å². The minimum atomic E-state index is 0.0460. The van der Waals surface area contributed by atoms with Crippen LogP contribution in [0.15, 0.2) is 0 Å². The number of hydrogen-bond donors (Lipinski definition) is 2. The zero-order chi connectivity index (χ0) is 12.3. The average Bonchev–Trinajstić information content (AvgIpc) is 2.89. The molecule has 0 aliphatic heterocycles. The van der Waals surface area contributed by atoms with Crippen LogP contribution < -0.4 is 11.1 Å². The van der Waals surface area contributed by atoms with E-state index >= 15 is 0 Å². The van der Waals surface area contributed by atoms with Crippen LogP contribution in [-0.2, 0) is 4.79 Å². The Morgan fingerprint density at radius 1 is 1.35 bits per heavy atom. The molecule has 17 heavy (non-hydrogen) atoms. The van der Waals surface area contributed by atoms with Crippen molar-refractivity contribution in [3.63, 3.8) is 0 Å². The highest BCUT2D eigenvalue weighted by Gasteiger charge is 2.48. The second-order valence-electron chi connectivity index (χ2n) is 5.34. The van der Waals surface area contributed by atoms with Gasteiger partial charge in [0.15, 0.2) is 0 Å². The number of unbranched alkanes of at least 4 members (excludes halogenated alkanes) is 2. The summed E-state index contributed by atoms with van der Waals surface area (Å²) in [6, 6.07) is 2.18. The van der Waals surface area contributed by atoms with E-state index in [1.807, 2.05) is 0 Å². The lowest BCUT2D eigenvalue weighted by molar-refractivity contribution is -0.127. The topological polar surface area (TPSA) is 78.9 Å². The molecule has 4 atom stereocenters. The number of nitrogens with one attached hydrogen (secondary N) is 1. The third-order valence-corrected chi connectivity index (χ3v) is 4.30. The summed E-state index contributed by atoms with van der Waals surface area (Å²) in [4.78, 5) is 12.0. The molecule has 2 bridgehead atoms. The quantitative estimate of drug-likeness (QED) is 0.702. The van der Waals surface area contributed by atoms with Crippen molar-refractivity contribution in [3.05, 3.63) is 0 Å². The lowest BCUT2D eigenvalue weighted by Gasteiger charge is -2.26. The maximum absolute atomic E-state index is 12.0. The Labute approximate surface area is 103 Å². The first-order chi connectivity index (χ1) is 8.24. The largest absolute Gasteiger partial charge is 0.356 e. The van der Waals surface area contributed by atoms with Crippen LogP contribution in [0.1, 0.15) is 38.5 Å². The monoisotopic (exact) mass is 235 g/mol. The number of carbonyl (C=O) groups excluding carboxylic acids is 1. The summed E-state index contributed by atoms with van der Waals surface area (Å²) >= 11 is 0. The Balaban J connectivity index is 1.72. The smallest absolute Gasteiger partial charge is 0.224 e. The second-order valence-corrected chi connectivity index (χ2v) is 5.34. The van der Waals surface area contributed by atoms with E-state index in [1.54, 1.807) is 0 Å². The third-order valence-electron chi connectivity index (χ3n) is 4.30. The first-order valence-corrected chi connectivity index (χ1v) is 6.64. The molecule has 0 aromatic carbocycles. The zero-order valence-electron chi connectivity index (χ0n) is 10.2. The lowest BCUT2D eigenvalue weighted by Crippen LogP contribution is -2.45. The van der Waals surface area contributed by atoms with Gasteiger partial charge in [-0.2, -0.15) is 5.26 Å². The molecular weight excluding hydrogens is 214 g/mol. The van der Waals surface area contributed by atoms with Crippen molar-refractivity contribution in [2.24, 2.45) is 23.5 Å². The number of hydrogen-bond acceptors (Lipinski definition) is 3. The van der Waals surface area contributed by atoms with Crippen molar-refractivity contribution in [2.45, 2.75) is 44.6 Å². The van der Waals surface area contributed by atoms with Gasteiger partial charge in [-0.05, 0) is 43.9 Å². The fourth-order valence-corrected chi connectivity index (χ4v) is 3.38. The van der Waals surface area contributed by atoms with E-state index in [4.69, 9.17) is 11.0 Å². The zero-order valence-corrected chi connectivity index (χ0v) is 10.2. The van der Waals surface area contributed by atoms with Crippen LogP contribution in [-0.4, -0.2) is 18.5 Å². The van der Waals surface area contributed by atoms with Crippen LogP contribution in [0.3, 0.4) is 0 Å². The van der Waals surface area contributed by atoms with Crippen molar-refractivity contribution in [3.8, 4) is 6.07 Å². The number of nitrogens with zero attached hydrogens (tertiary/aromatic N) is 1. The maximum Gasteiger partial charge on any atom is 0.224 e. The lowest BCUT2D eigenvalue weighted by atomic mass is 9.84. The number of fused-ring (bicyclic) bond motifs is 2. The van der Waals surface area contributed by atoms with Gasteiger partial charge in [-0.1, -0.05) is 0 Å². The van der Waals surface area contributed by atoms with Gasteiger partial charge in [0.05, 0.1) is 12.0 Å². The molecule has 2 saturated carbocycles. The van der Waals surface area contributed by atoms with Crippen LogP contribution in [0.25, 0.3) is 0 Å². The van der Waals surface area contributed by atoms with Crippen LogP contribution in [0, 0.1) is 29.1 Å². The van der Waals surface area contributed by atoms with E-state index in [0.717, 1.165) is 19.3 Å². The molecule has 0 heterocycles. The number of amides is 1. The van der Waals surface area contributed by atoms with Crippen molar-refractivity contribution in [1.82, 2.24) is 5.32 Å². The van der Waals surface area contributed by atoms with Gasteiger partial charge in [-0.25, -0.2) is 0 Å². The van der Waals surface area contributed by atoms with Crippen molar-refractivity contribution in [1.29, 1.82) is 5.26 Å². The molecule has 0 radical (unpaired) electrons. The Kier molecular flexibility index (Phi) is 4.01. The van der Waals surface area contributed by atoms with Crippen molar-refractivity contribution < 1.29 is 4.79 Å². The van der Waals surface area contributed by atoms with Crippen molar-refractivity contribution >= 4 is 5.91 Å². The molecule has 2 rings (SSSR count). The highest BCUT2D eigenvalue weighted by Crippen LogP contribution is 2.47. The van der Waals surface area contributed by atoms with Crippen molar-refractivity contribution in [2.75, 3.05) is 6.54 Å². The summed E-state index contributed by atoms with van der Waals surface area (Å²) in [7, 11) is 0. The van der Waals surface area contributed by atoms with Crippen LogP contribution in [0.4, 0.5) is 0 Å². The molecule has 0 aromatic heterocycles. The summed E-state index contributed by atoms with van der Waals surface area (Å²) in [5.74, 6) is 1.29. The Bertz CT molecular complexity index is 321. The van der Waals surface area contributed by atoms with Gasteiger partial charge in [0.1, 0.15) is 0 Å². The molecular formula is C13H21N3O. The molecule has 2 fully saturated rings. The predicted octanol–water partition coefficient (Wildman–Crippen LogP) is 1.17. The van der Waals surface area contributed by atoms with Gasteiger partial charge >= 0.3 is 0 Å². The molecule has 4 heteroatoms. The summed E-state index contributed by atoms with van der Waals surface area (Å²) < 4.78 is 0. The summed E-state index contributed by atoms with van der Waals surface area (Å²) in [6.07, 6.45) is 5.84. The molecule has 2 aliphatic carbocycles. The molecule has 4 unspecified atom stereocenters. The first-order valence-electron chi connectivity index (χ1n) is 6.64. The highest BCUT2D eigenvalue weighted by atomic mass is 16.1. The first kappa shape index (κ1) is 12.4. The minimum Gasteiger partial charge on any atom is -0.356 e. The number of rotatable bonds is 5. The Morgan fingerprint density at radius 2 is 2.12 bits per heavy atom. The Morgan fingerprint density at radius 3 is 2.76 bits per heavy atom. The predicted molar refractivity (Wildman–Crippen MR) is 64.8 cm³/mol. The molecule has 0 saturated heterocycles. The summed E-state index contributed by atoms with van der Waals surface area (Å²) in [6.45, 7) is 0.682. The number of nitrogens with two attached hydrogens (primary N) is 1. The number of nitriles is 1. The third kappa shape index (κ3) is 2.61. The fraction of sp³-hybridized carbons (Fsp3) is 0.846. The highest BCUT2D eigenvalue weighted by molar-refractivity contribution is 5.80. The summed E-state index contributed by atoms with van der Waals surface area (Å²) in [5.41, 5.74) is 6.11. The van der Waals surface area contributed by atoms with Gasteiger partial charge in [0.2, 0.25) is 5.91 Å². The van der Waals surface area contributed by atoms with Crippen LogP contribution in [0.2, 0.25) is 0 Å². The van der Waals surface area contributed by atoms with Gasteiger partial charge < -0.3 is 11.1 Å². The van der Waals surface area contributed by atoms with E-state index in [-0.39, 0.29) is 17.9 Å². The maximum atomic E-state index is 12.0. The van der Waals surface area contributed by atoms with E-state index < -0.39 is 0 Å². The van der Waals surface area contributed by atoms with Gasteiger partial charge in [-0.15, -0.1) is 0 Å². The van der Waals surface area contributed by atoms with Crippen LogP contribution in [0.5, 0.6) is 0 Å². The number of carbonyl (C=O) groups is 1. The van der Waals surface area contributed by atoms with E-state index in [2.05, 4.69) is 11.4 Å². The average molecular weight is 235 g/mol. The second kappa shape index (κ2) is 5.50. The fourth-order valence-electron chi connectivity index (χ4n) is 3.38. The molecule has 0 spiro atoms. The normalized spacial score (nSPS) is 34.6. The standard InChI is InChI=1S/C13H21N3O/c14-6-2-1-3-7-16-13(17)11-9-4-5-10(8-9)12(11)15/h9-12H,1-5,7-8,15H2,(H,16,17). The molecule has 3 N–H and O–H groups in total.